The third kappa shape index (κ3) is 27.1. The zero-order chi connectivity index (χ0) is 38.3. The van der Waals surface area contributed by atoms with E-state index in [-0.39, 0.29) is 37.1 Å². The van der Waals surface area contributed by atoms with Crippen LogP contribution in [0.25, 0.3) is 0 Å². The maximum absolute atomic E-state index is 12.4. The topological polar surface area (TPSA) is 157 Å². The van der Waals surface area contributed by atoms with Crippen LogP contribution in [0.2, 0.25) is 0 Å². The van der Waals surface area contributed by atoms with E-state index in [1.807, 2.05) is 24.3 Å². The number of aliphatic hydroxyl groups excluding tert-OH is 1. The Morgan fingerprint density at radius 2 is 1.40 bits per heavy atom. The van der Waals surface area contributed by atoms with Crippen LogP contribution in [0.4, 0.5) is 0 Å². The molecule has 0 aliphatic heterocycles. The summed E-state index contributed by atoms with van der Waals surface area (Å²) in [6.45, 7) is 3.36. The van der Waals surface area contributed by atoms with Crippen molar-refractivity contribution in [2.45, 2.75) is 154 Å². The molecule has 0 aromatic rings. The minimum Gasteiger partial charge on any atom is -0.462 e. The molecule has 0 saturated carbocycles. The average Bonchev–Trinajstić information content (AvgIpc) is 3.46. The maximum Gasteiger partial charge on any atom is 0.469 e. The van der Waals surface area contributed by atoms with Crippen molar-refractivity contribution in [2.75, 3.05) is 13.2 Å². The molecular formula is C41H67O10P. The van der Waals surface area contributed by atoms with Crippen LogP contribution >= 0.6 is 7.82 Å². The number of aliphatic hydroxyl groups is 1. The van der Waals surface area contributed by atoms with Gasteiger partial charge in [0.15, 0.2) is 11.9 Å². The van der Waals surface area contributed by atoms with Gasteiger partial charge in [-0.15, -0.1) is 0 Å². The van der Waals surface area contributed by atoms with E-state index < -0.39 is 38.6 Å². The zero-order valence-electron chi connectivity index (χ0n) is 31.8. The first kappa shape index (κ1) is 47.4. The van der Waals surface area contributed by atoms with Crippen LogP contribution < -0.4 is 0 Å². The van der Waals surface area contributed by atoms with E-state index in [9.17, 15) is 24.1 Å². The Kier molecular flexibility index (Phi) is 28.1. The van der Waals surface area contributed by atoms with Gasteiger partial charge < -0.3 is 24.4 Å². The van der Waals surface area contributed by atoms with Gasteiger partial charge in [0.2, 0.25) is 0 Å². The van der Waals surface area contributed by atoms with Crippen molar-refractivity contribution < 1.29 is 47.8 Å². The Hall–Kier alpha value is -2.62. The number of phosphoric ester groups is 1. The van der Waals surface area contributed by atoms with E-state index in [2.05, 4.69) is 42.7 Å². The molecule has 0 amide bonds. The lowest BCUT2D eigenvalue weighted by atomic mass is 9.90. The van der Waals surface area contributed by atoms with Gasteiger partial charge in [0.25, 0.3) is 0 Å². The lowest BCUT2D eigenvalue weighted by molar-refractivity contribution is -0.161. The molecule has 52 heavy (non-hydrogen) atoms. The Morgan fingerprint density at radius 3 is 2.10 bits per heavy atom. The van der Waals surface area contributed by atoms with E-state index >= 15 is 0 Å². The number of carbonyl (C=O) groups excluding carboxylic acids is 3. The Balaban J connectivity index is 2.30. The summed E-state index contributed by atoms with van der Waals surface area (Å²) in [5.74, 6) is -1.28. The predicted molar refractivity (Wildman–Crippen MR) is 206 cm³/mol. The number of rotatable bonds is 32. The monoisotopic (exact) mass is 750 g/mol. The number of allylic oxidation sites excluding steroid dienone is 9. The van der Waals surface area contributed by atoms with Crippen molar-refractivity contribution in [3.63, 3.8) is 0 Å². The number of carbonyl (C=O) groups is 3. The smallest absolute Gasteiger partial charge is 0.462 e. The van der Waals surface area contributed by atoms with E-state index in [1.54, 1.807) is 12.2 Å². The number of phosphoric acid groups is 1. The molecule has 1 rings (SSSR count). The molecule has 3 N–H and O–H groups in total. The third-order valence-electron chi connectivity index (χ3n) is 8.78. The van der Waals surface area contributed by atoms with E-state index in [0.29, 0.717) is 32.1 Å². The van der Waals surface area contributed by atoms with Crippen molar-refractivity contribution in [2.24, 2.45) is 11.8 Å². The molecule has 1 aliphatic carbocycles. The zero-order valence-corrected chi connectivity index (χ0v) is 32.7. The summed E-state index contributed by atoms with van der Waals surface area (Å²) in [6.07, 6.45) is 35.7. The van der Waals surface area contributed by atoms with E-state index in [4.69, 9.17) is 19.3 Å². The lowest BCUT2D eigenvalue weighted by Gasteiger charge is -2.18. The predicted octanol–water partition coefficient (Wildman–Crippen LogP) is 9.35. The minimum atomic E-state index is -4.81. The second-order valence-corrected chi connectivity index (χ2v) is 14.8. The summed E-state index contributed by atoms with van der Waals surface area (Å²) < 4.78 is 26.3. The van der Waals surface area contributed by atoms with Gasteiger partial charge in [0.1, 0.15) is 6.61 Å². The molecule has 0 aromatic heterocycles. The molecule has 0 heterocycles. The van der Waals surface area contributed by atoms with Crippen molar-refractivity contribution in [1.82, 2.24) is 0 Å². The largest absolute Gasteiger partial charge is 0.469 e. The summed E-state index contributed by atoms with van der Waals surface area (Å²) >= 11 is 0. The van der Waals surface area contributed by atoms with Gasteiger partial charge >= 0.3 is 19.8 Å². The number of esters is 2. The van der Waals surface area contributed by atoms with Crippen LogP contribution in [0.5, 0.6) is 0 Å². The lowest BCUT2D eigenvalue weighted by Crippen LogP contribution is -2.29. The molecule has 0 radical (unpaired) electrons. The second kappa shape index (κ2) is 30.8. The first-order valence-electron chi connectivity index (χ1n) is 19.7. The SMILES string of the molecule is CCCCCC/C=C\C=C/CCCCCCCC(=O)O[C@H](COC(=O)CCC/C=C\C[C@H]1C=CC(=O)[C@@H]1/C=C/[C@@H](O)CCCCC)COP(=O)(O)O. The highest BCUT2D eigenvalue weighted by atomic mass is 31.2. The summed E-state index contributed by atoms with van der Waals surface area (Å²) in [5, 5.41) is 10.2. The van der Waals surface area contributed by atoms with Crippen LogP contribution in [-0.2, 0) is 32.9 Å². The van der Waals surface area contributed by atoms with Crippen molar-refractivity contribution in [3.8, 4) is 0 Å². The molecule has 0 saturated heterocycles. The average molecular weight is 751 g/mol. The van der Waals surface area contributed by atoms with Crippen LogP contribution in [-0.4, -0.2) is 58.0 Å². The fourth-order valence-electron chi connectivity index (χ4n) is 5.71. The fraction of sp³-hybridized carbons (Fsp3) is 0.683. The summed E-state index contributed by atoms with van der Waals surface area (Å²) in [4.78, 5) is 55.2. The van der Waals surface area contributed by atoms with Gasteiger partial charge in [0.05, 0.1) is 12.7 Å². The molecule has 10 nitrogen and oxygen atoms in total. The summed E-state index contributed by atoms with van der Waals surface area (Å²) in [5.41, 5.74) is 0. The first-order valence-corrected chi connectivity index (χ1v) is 21.2. The summed E-state index contributed by atoms with van der Waals surface area (Å²) in [6, 6.07) is 0. The highest BCUT2D eigenvalue weighted by Crippen LogP contribution is 2.36. The molecular weight excluding hydrogens is 683 g/mol. The minimum absolute atomic E-state index is 0.0257. The quantitative estimate of drug-likeness (QED) is 0.0199. The third-order valence-corrected chi connectivity index (χ3v) is 9.27. The molecule has 1 aliphatic rings. The molecule has 0 unspecified atom stereocenters. The fourth-order valence-corrected chi connectivity index (χ4v) is 6.07. The number of ketones is 1. The Labute approximate surface area is 313 Å². The number of ether oxygens (including phenoxy) is 2. The molecule has 11 heteroatoms. The molecule has 0 bridgehead atoms. The second-order valence-electron chi connectivity index (χ2n) is 13.6. The van der Waals surface area contributed by atoms with Crippen LogP contribution in [0.1, 0.15) is 142 Å². The molecule has 296 valence electrons. The summed E-state index contributed by atoms with van der Waals surface area (Å²) in [7, 11) is -4.81. The number of unbranched alkanes of at least 4 members (excludes halogenated alkanes) is 12. The van der Waals surface area contributed by atoms with Crippen molar-refractivity contribution in [1.29, 1.82) is 0 Å². The van der Waals surface area contributed by atoms with Gasteiger partial charge in [-0.25, -0.2) is 4.57 Å². The highest BCUT2D eigenvalue weighted by Gasteiger charge is 2.27. The Morgan fingerprint density at radius 1 is 0.788 bits per heavy atom. The van der Waals surface area contributed by atoms with E-state index in [1.165, 1.54) is 25.7 Å². The van der Waals surface area contributed by atoms with Crippen LogP contribution in [0, 0.1) is 11.8 Å². The highest BCUT2D eigenvalue weighted by molar-refractivity contribution is 7.46. The van der Waals surface area contributed by atoms with E-state index in [0.717, 1.165) is 57.8 Å². The normalized spacial score (nSPS) is 17.7. The van der Waals surface area contributed by atoms with Gasteiger partial charge in [-0.2, -0.15) is 0 Å². The number of hydrogen-bond acceptors (Lipinski definition) is 8. The first-order chi connectivity index (χ1) is 25.1. The van der Waals surface area contributed by atoms with Gasteiger partial charge in [-0.05, 0) is 69.8 Å². The molecule has 0 fully saturated rings. The van der Waals surface area contributed by atoms with Gasteiger partial charge in [0, 0.05) is 18.8 Å². The Bertz CT molecular complexity index is 1170. The number of hydrogen-bond donors (Lipinski definition) is 3. The standard InChI is InChI=1S/C41H67O10P/c1-3-5-7-8-9-10-11-12-13-14-15-16-17-18-24-28-41(45)51-37(34-50-52(46,47)48)33-49-40(44)27-23-20-19-22-25-35-29-32-39(43)38(35)31-30-36(42)26-21-6-4-2/h10-13,19,22,29-32,35-38,42H,3-9,14-18,20-21,23-28,33-34H2,1-2H3,(H2,46,47,48)/b11-10-,13-12-,22-19-,31-30+/t35-,36-,37+,38+/m0/s1. The van der Waals surface area contributed by atoms with Gasteiger partial charge in [-0.3, -0.25) is 18.9 Å². The van der Waals surface area contributed by atoms with Crippen LogP contribution in [0.15, 0.2) is 60.8 Å². The van der Waals surface area contributed by atoms with Crippen LogP contribution in [0.3, 0.4) is 0 Å². The van der Waals surface area contributed by atoms with Crippen molar-refractivity contribution >= 4 is 25.5 Å². The maximum atomic E-state index is 12.4. The molecule has 4 atom stereocenters. The van der Waals surface area contributed by atoms with Gasteiger partial charge in [-0.1, -0.05) is 126 Å². The molecule has 0 aromatic carbocycles. The molecule has 0 spiro atoms. The van der Waals surface area contributed by atoms with Crippen molar-refractivity contribution in [3.05, 3.63) is 60.8 Å².